The van der Waals surface area contributed by atoms with E-state index in [2.05, 4.69) is 16.2 Å². The summed E-state index contributed by atoms with van der Waals surface area (Å²) in [6, 6.07) is 21.6. The molecule has 0 aromatic heterocycles. The molecule has 3 aromatic carbocycles. The second-order valence-electron chi connectivity index (χ2n) is 5.79. The number of hydrazine groups is 1. The van der Waals surface area contributed by atoms with E-state index in [1.165, 1.54) is 6.07 Å². The van der Waals surface area contributed by atoms with E-state index in [1.807, 2.05) is 6.07 Å². The highest BCUT2D eigenvalue weighted by atomic mass is 35.5. The molecule has 0 bridgehead atoms. The summed E-state index contributed by atoms with van der Waals surface area (Å²) in [5.41, 5.74) is 6.11. The highest BCUT2D eigenvalue weighted by molar-refractivity contribution is 6.33. The van der Waals surface area contributed by atoms with Gasteiger partial charge in [-0.1, -0.05) is 48.0 Å². The molecule has 0 fully saturated rings. The number of hydrogen-bond acceptors (Lipinski definition) is 3. The molecule has 0 aliphatic heterocycles. The maximum absolute atomic E-state index is 12.3. The maximum Gasteiger partial charge on any atom is 0.271 e. The first-order chi connectivity index (χ1) is 13.5. The molecule has 0 saturated heterocycles. The van der Waals surface area contributed by atoms with Crippen molar-refractivity contribution < 1.29 is 14.4 Å². The first kappa shape index (κ1) is 19.1. The first-order valence-corrected chi connectivity index (χ1v) is 8.74. The first-order valence-electron chi connectivity index (χ1n) is 8.36. The fourth-order valence-corrected chi connectivity index (χ4v) is 2.65. The Bertz CT molecular complexity index is 1020. The molecule has 0 unspecified atom stereocenters. The summed E-state index contributed by atoms with van der Waals surface area (Å²) >= 11 is 5.96. The molecule has 0 saturated carbocycles. The van der Waals surface area contributed by atoms with Crippen LogP contribution >= 0.6 is 11.6 Å². The van der Waals surface area contributed by atoms with Crippen LogP contribution in [0.15, 0.2) is 78.9 Å². The lowest BCUT2D eigenvalue weighted by molar-refractivity contribution is 0.0847. The predicted octanol–water partition coefficient (Wildman–Crippen LogP) is 3.67. The van der Waals surface area contributed by atoms with Crippen LogP contribution in [0.1, 0.15) is 31.1 Å². The molecule has 3 N–H and O–H groups in total. The molecule has 3 aromatic rings. The molecule has 0 atom stereocenters. The van der Waals surface area contributed by atoms with E-state index >= 15 is 0 Å². The van der Waals surface area contributed by atoms with Gasteiger partial charge in [-0.2, -0.15) is 0 Å². The second kappa shape index (κ2) is 8.83. The van der Waals surface area contributed by atoms with Gasteiger partial charge >= 0.3 is 0 Å². The Morgan fingerprint density at radius 2 is 1.29 bits per heavy atom. The van der Waals surface area contributed by atoms with E-state index in [4.69, 9.17) is 11.6 Å². The molecule has 6 nitrogen and oxygen atoms in total. The van der Waals surface area contributed by atoms with Gasteiger partial charge in [-0.05, 0) is 42.5 Å². The summed E-state index contributed by atoms with van der Waals surface area (Å²) in [7, 11) is 0. The van der Waals surface area contributed by atoms with Crippen LogP contribution in [0.3, 0.4) is 0 Å². The van der Waals surface area contributed by atoms with E-state index in [0.29, 0.717) is 11.3 Å². The van der Waals surface area contributed by atoms with E-state index in [-0.39, 0.29) is 22.1 Å². The van der Waals surface area contributed by atoms with Gasteiger partial charge in [0, 0.05) is 16.8 Å². The fourth-order valence-electron chi connectivity index (χ4n) is 2.43. The number of anilines is 1. The molecule has 0 heterocycles. The monoisotopic (exact) mass is 393 g/mol. The van der Waals surface area contributed by atoms with E-state index in [0.717, 1.165) is 0 Å². The zero-order valence-corrected chi connectivity index (χ0v) is 15.4. The van der Waals surface area contributed by atoms with Crippen molar-refractivity contribution in [2.24, 2.45) is 0 Å². The molecular formula is C21H16ClN3O3. The molecule has 7 heteroatoms. The highest BCUT2D eigenvalue weighted by Gasteiger charge is 2.12. The average Bonchev–Trinajstić information content (AvgIpc) is 2.73. The van der Waals surface area contributed by atoms with Crippen LogP contribution in [0.2, 0.25) is 5.02 Å². The minimum Gasteiger partial charge on any atom is -0.322 e. The van der Waals surface area contributed by atoms with Crippen LogP contribution in [0.25, 0.3) is 0 Å². The smallest absolute Gasteiger partial charge is 0.271 e. The second-order valence-corrected chi connectivity index (χ2v) is 6.20. The van der Waals surface area contributed by atoms with Gasteiger partial charge < -0.3 is 5.32 Å². The maximum atomic E-state index is 12.3. The molecule has 0 aliphatic rings. The SMILES string of the molecule is O=C(NNC(=O)c1ccccc1Cl)c1cccc(NC(=O)c2ccccc2)c1. The summed E-state index contributed by atoms with van der Waals surface area (Å²) in [5.74, 6) is -1.35. The number of halogens is 1. The molecule has 3 rings (SSSR count). The lowest BCUT2D eigenvalue weighted by Crippen LogP contribution is -2.41. The molecule has 140 valence electrons. The number of rotatable bonds is 4. The Hall–Kier alpha value is -3.64. The normalized spacial score (nSPS) is 10.0. The summed E-state index contributed by atoms with van der Waals surface area (Å²) in [5, 5.41) is 3.01. The Morgan fingerprint density at radius 1 is 0.643 bits per heavy atom. The van der Waals surface area contributed by atoms with Crippen LogP contribution in [0.4, 0.5) is 5.69 Å². The van der Waals surface area contributed by atoms with Crippen molar-refractivity contribution in [1.29, 1.82) is 0 Å². The predicted molar refractivity (Wildman–Crippen MR) is 107 cm³/mol. The van der Waals surface area contributed by atoms with E-state index in [9.17, 15) is 14.4 Å². The molecular weight excluding hydrogens is 378 g/mol. The quantitative estimate of drug-likeness (QED) is 0.591. The van der Waals surface area contributed by atoms with Crippen LogP contribution < -0.4 is 16.2 Å². The Morgan fingerprint density at radius 3 is 2.04 bits per heavy atom. The number of nitrogens with one attached hydrogen (secondary N) is 3. The van der Waals surface area contributed by atoms with Gasteiger partial charge in [-0.15, -0.1) is 0 Å². The van der Waals surface area contributed by atoms with Gasteiger partial charge in [0.05, 0.1) is 10.6 Å². The largest absolute Gasteiger partial charge is 0.322 e. The lowest BCUT2D eigenvalue weighted by Gasteiger charge is -2.10. The molecule has 28 heavy (non-hydrogen) atoms. The zero-order valence-electron chi connectivity index (χ0n) is 14.6. The highest BCUT2D eigenvalue weighted by Crippen LogP contribution is 2.15. The standard InChI is InChI=1S/C21H16ClN3O3/c22-18-12-5-4-11-17(18)21(28)25-24-20(27)15-9-6-10-16(13-15)23-19(26)14-7-2-1-3-8-14/h1-13H,(H,23,26)(H,24,27)(H,25,28). The number of hydrogen-bond donors (Lipinski definition) is 3. The van der Waals surface area contributed by atoms with Crippen molar-refractivity contribution in [2.45, 2.75) is 0 Å². The Labute approximate surface area is 166 Å². The topological polar surface area (TPSA) is 87.3 Å². The third-order valence-electron chi connectivity index (χ3n) is 3.83. The van der Waals surface area contributed by atoms with Crippen molar-refractivity contribution in [3.8, 4) is 0 Å². The van der Waals surface area contributed by atoms with E-state index < -0.39 is 11.8 Å². The van der Waals surface area contributed by atoms with Crippen LogP contribution in [0.5, 0.6) is 0 Å². The molecule has 3 amide bonds. The van der Waals surface area contributed by atoms with Gasteiger partial charge in [0.15, 0.2) is 0 Å². The van der Waals surface area contributed by atoms with Crippen LogP contribution in [-0.2, 0) is 0 Å². The number of carbonyl (C=O) groups excluding carboxylic acids is 3. The zero-order chi connectivity index (χ0) is 19.9. The van der Waals surface area contributed by atoms with Gasteiger partial charge in [-0.25, -0.2) is 0 Å². The summed E-state index contributed by atoms with van der Waals surface area (Å²) in [6.45, 7) is 0. The van der Waals surface area contributed by atoms with Crippen molar-refractivity contribution in [2.75, 3.05) is 5.32 Å². The average molecular weight is 394 g/mol. The van der Waals surface area contributed by atoms with Gasteiger partial charge in [0.25, 0.3) is 17.7 Å². The number of benzene rings is 3. The molecule has 0 radical (unpaired) electrons. The minimum atomic E-state index is -0.535. The third kappa shape index (κ3) is 4.75. The van der Waals surface area contributed by atoms with Crippen molar-refractivity contribution in [1.82, 2.24) is 10.9 Å². The van der Waals surface area contributed by atoms with Gasteiger partial charge in [-0.3, -0.25) is 25.2 Å². The Balaban J connectivity index is 1.63. The molecule has 0 spiro atoms. The fraction of sp³-hybridized carbons (Fsp3) is 0. The van der Waals surface area contributed by atoms with Crippen molar-refractivity contribution in [3.63, 3.8) is 0 Å². The summed E-state index contributed by atoms with van der Waals surface area (Å²) < 4.78 is 0. The van der Waals surface area contributed by atoms with E-state index in [1.54, 1.807) is 66.7 Å². The van der Waals surface area contributed by atoms with Crippen LogP contribution in [0, 0.1) is 0 Å². The number of carbonyl (C=O) groups is 3. The third-order valence-corrected chi connectivity index (χ3v) is 4.16. The van der Waals surface area contributed by atoms with Crippen molar-refractivity contribution >= 4 is 35.0 Å². The lowest BCUT2D eigenvalue weighted by atomic mass is 10.1. The van der Waals surface area contributed by atoms with Crippen LogP contribution in [-0.4, -0.2) is 17.7 Å². The molecule has 0 aliphatic carbocycles. The van der Waals surface area contributed by atoms with Crippen molar-refractivity contribution in [3.05, 3.63) is 101 Å². The van der Waals surface area contributed by atoms with Gasteiger partial charge in [0.2, 0.25) is 0 Å². The Kier molecular flexibility index (Phi) is 6.04. The van der Waals surface area contributed by atoms with Gasteiger partial charge in [0.1, 0.15) is 0 Å². The minimum absolute atomic E-state index is 0.244. The number of amides is 3. The summed E-state index contributed by atoms with van der Waals surface area (Å²) in [4.78, 5) is 36.6. The summed E-state index contributed by atoms with van der Waals surface area (Å²) in [6.07, 6.45) is 0.